The first kappa shape index (κ1) is 31.6. The van der Waals surface area contributed by atoms with Crippen molar-refractivity contribution in [3.05, 3.63) is 205 Å². The molecule has 3 heteroatoms. The van der Waals surface area contributed by atoms with Gasteiger partial charge >= 0.3 is 0 Å². The van der Waals surface area contributed by atoms with Crippen molar-refractivity contribution in [1.29, 1.82) is 0 Å². The van der Waals surface area contributed by atoms with Gasteiger partial charge in [0.05, 0.1) is 27.8 Å². The zero-order valence-corrected chi connectivity index (χ0v) is 31.5. The fourth-order valence-corrected chi connectivity index (χ4v) is 9.99. The minimum absolute atomic E-state index is 0.895. The van der Waals surface area contributed by atoms with Gasteiger partial charge in [-0.25, -0.2) is 0 Å². The molecule has 0 aliphatic heterocycles. The SMILES string of the molecule is c1cc(-c2cccc3c2Cc2ccc(-c4ccc5oc6c(-n7c8ccccc8c8ccccc87)cccc6c5c4)cc2-3)cc(-n2c3ccccc3c3ccccc32)c1. The largest absolute Gasteiger partial charge is 0.454 e. The first-order valence-corrected chi connectivity index (χ1v) is 20.1. The lowest BCUT2D eigenvalue weighted by molar-refractivity contribution is 0.666. The fraction of sp³-hybridized carbons (Fsp3) is 0.0182. The Morgan fingerprint density at radius 1 is 0.362 bits per heavy atom. The van der Waals surface area contributed by atoms with Crippen LogP contribution in [0.25, 0.3) is 110 Å². The van der Waals surface area contributed by atoms with Crippen molar-refractivity contribution in [2.75, 3.05) is 0 Å². The highest BCUT2D eigenvalue weighted by atomic mass is 16.3. The van der Waals surface area contributed by atoms with Gasteiger partial charge in [-0.1, -0.05) is 133 Å². The van der Waals surface area contributed by atoms with E-state index in [4.69, 9.17) is 4.42 Å². The van der Waals surface area contributed by atoms with Gasteiger partial charge in [-0.2, -0.15) is 0 Å². The lowest BCUT2D eigenvalue weighted by atomic mass is 9.95. The molecule has 0 saturated heterocycles. The van der Waals surface area contributed by atoms with Gasteiger partial charge in [0.25, 0.3) is 0 Å². The van der Waals surface area contributed by atoms with Crippen molar-refractivity contribution in [2.24, 2.45) is 0 Å². The lowest BCUT2D eigenvalue weighted by Crippen LogP contribution is -1.95. The van der Waals surface area contributed by atoms with Crippen molar-refractivity contribution in [3.8, 4) is 44.8 Å². The molecule has 0 fully saturated rings. The molecule has 0 N–H and O–H groups in total. The number of para-hydroxylation sites is 5. The van der Waals surface area contributed by atoms with Crippen molar-refractivity contribution < 1.29 is 4.42 Å². The maximum absolute atomic E-state index is 6.72. The summed E-state index contributed by atoms with van der Waals surface area (Å²) in [5.41, 5.74) is 19.2. The van der Waals surface area contributed by atoms with Gasteiger partial charge in [-0.15, -0.1) is 0 Å². The molecule has 58 heavy (non-hydrogen) atoms. The molecule has 12 aromatic rings. The third-order valence-electron chi connectivity index (χ3n) is 12.6. The Kier molecular flexibility index (Phi) is 6.50. The Morgan fingerprint density at radius 3 is 1.64 bits per heavy atom. The van der Waals surface area contributed by atoms with E-state index < -0.39 is 0 Å². The van der Waals surface area contributed by atoms with E-state index in [0.29, 0.717) is 0 Å². The van der Waals surface area contributed by atoms with Crippen LogP contribution < -0.4 is 0 Å². The van der Waals surface area contributed by atoms with Crippen LogP contribution >= 0.6 is 0 Å². The van der Waals surface area contributed by atoms with Crippen molar-refractivity contribution >= 4 is 65.6 Å². The molecule has 3 aromatic heterocycles. The summed E-state index contributed by atoms with van der Waals surface area (Å²) in [6.45, 7) is 0. The Bertz CT molecular complexity index is 3560. The number of aromatic nitrogens is 2. The molecule has 0 unspecified atom stereocenters. The van der Waals surface area contributed by atoms with Gasteiger partial charge < -0.3 is 13.6 Å². The Balaban J connectivity index is 0.901. The summed E-state index contributed by atoms with van der Waals surface area (Å²) in [5.74, 6) is 0. The molecular weight excluding hydrogens is 705 g/mol. The Hall–Kier alpha value is -7.62. The van der Waals surface area contributed by atoms with Gasteiger partial charge in [0.1, 0.15) is 5.58 Å². The average molecular weight is 739 g/mol. The van der Waals surface area contributed by atoms with Crippen LogP contribution in [-0.2, 0) is 6.42 Å². The van der Waals surface area contributed by atoms with E-state index in [1.165, 1.54) is 93.8 Å². The number of hydrogen-bond donors (Lipinski definition) is 0. The number of benzene rings is 9. The van der Waals surface area contributed by atoms with Crippen LogP contribution in [-0.4, -0.2) is 9.13 Å². The second-order valence-electron chi connectivity index (χ2n) is 15.6. The maximum atomic E-state index is 6.72. The monoisotopic (exact) mass is 738 g/mol. The molecule has 3 heterocycles. The lowest BCUT2D eigenvalue weighted by Gasteiger charge is -2.13. The summed E-state index contributed by atoms with van der Waals surface area (Å²) in [5, 5.41) is 7.29. The second-order valence-corrected chi connectivity index (χ2v) is 15.6. The molecule has 13 rings (SSSR count). The number of rotatable bonds is 4. The van der Waals surface area contributed by atoms with Crippen LogP contribution in [0, 0.1) is 0 Å². The summed E-state index contributed by atoms with van der Waals surface area (Å²) < 4.78 is 11.5. The normalized spacial score (nSPS) is 12.4. The average Bonchev–Trinajstić information content (AvgIpc) is 4.04. The van der Waals surface area contributed by atoms with Crippen molar-refractivity contribution in [2.45, 2.75) is 6.42 Å². The van der Waals surface area contributed by atoms with E-state index in [0.717, 1.165) is 34.0 Å². The molecule has 0 bridgehead atoms. The molecular formula is C55H34N2O. The van der Waals surface area contributed by atoms with Gasteiger partial charge in [0, 0.05) is 38.0 Å². The van der Waals surface area contributed by atoms with Crippen LogP contribution in [0.3, 0.4) is 0 Å². The van der Waals surface area contributed by atoms with Gasteiger partial charge in [-0.3, -0.25) is 0 Å². The molecule has 0 radical (unpaired) electrons. The van der Waals surface area contributed by atoms with Crippen LogP contribution in [0.2, 0.25) is 0 Å². The third-order valence-corrected chi connectivity index (χ3v) is 12.6. The zero-order valence-electron chi connectivity index (χ0n) is 31.5. The quantitative estimate of drug-likeness (QED) is 0.176. The number of hydrogen-bond acceptors (Lipinski definition) is 1. The van der Waals surface area contributed by atoms with Crippen LogP contribution in [0.4, 0.5) is 0 Å². The fourth-order valence-electron chi connectivity index (χ4n) is 9.99. The molecule has 1 aliphatic carbocycles. The van der Waals surface area contributed by atoms with E-state index in [2.05, 4.69) is 203 Å². The smallest absolute Gasteiger partial charge is 0.159 e. The minimum atomic E-state index is 0.895. The van der Waals surface area contributed by atoms with E-state index in [-0.39, 0.29) is 0 Å². The highest BCUT2D eigenvalue weighted by Gasteiger charge is 2.24. The first-order chi connectivity index (χ1) is 28.8. The standard InChI is InChI=1S/C55H34N2O/c1-5-21-49-41(14-1)42-15-2-6-22-50(42)56(49)38-13-9-12-36(30-38)39-18-10-19-40-46-31-34(26-27-37(46)33-47(39)40)35-28-29-54-48(32-35)45-20-11-25-53(55(45)58-54)57-51-23-7-3-16-43(51)44-17-4-8-24-52(44)57/h1-32H,33H2. The number of furan rings is 1. The summed E-state index contributed by atoms with van der Waals surface area (Å²) in [4.78, 5) is 0. The predicted octanol–water partition coefficient (Wildman–Crippen LogP) is 14.7. The highest BCUT2D eigenvalue weighted by molar-refractivity contribution is 6.13. The van der Waals surface area contributed by atoms with E-state index in [9.17, 15) is 0 Å². The predicted molar refractivity (Wildman–Crippen MR) is 242 cm³/mol. The van der Waals surface area contributed by atoms with Gasteiger partial charge in [0.15, 0.2) is 5.58 Å². The molecule has 0 atom stereocenters. The summed E-state index contributed by atoms with van der Waals surface area (Å²) in [6.07, 6.45) is 0.914. The Labute approximate surface area is 334 Å². The number of fused-ring (bicyclic) bond motifs is 12. The van der Waals surface area contributed by atoms with Gasteiger partial charge in [-0.05, 0) is 112 Å². The van der Waals surface area contributed by atoms with Crippen LogP contribution in [0.15, 0.2) is 199 Å². The molecule has 0 amide bonds. The maximum Gasteiger partial charge on any atom is 0.159 e. The van der Waals surface area contributed by atoms with Crippen LogP contribution in [0.1, 0.15) is 11.1 Å². The van der Waals surface area contributed by atoms with E-state index in [1.54, 1.807) is 0 Å². The van der Waals surface area contributed by atoms with Crippen molar-refractivity contribution in [3.63, 3.8) is 0 Å². The van der Waals surface area contributed by atoms with Crippen molar-refractivity contribution in [1.82, 2.24) is 9.13 Å². The van der Waals surface area contributed by atoms with Crippen LogP contribution in [0.5, 0.6) is 0 Å². The van der Waals surface area contributed by atoms with E-state index >= 15 is 0 Å². The first-order valence-electron chi connectivity index (χ1n) is 20.1. The molecule has 0 saturated carbocycles. The summed E-state index contributed by atoms with van der Waals surface area (Å²) in [6, 6.07) is 70.8. The minimum Gasteiger partial charge on any atom is -0.454 e. The Morgan fingerprint density at radius 2 is 0.931 bits per heavy atom. The summed E-state index contributed by atoms with van der Waals surface area (Å²) >= 11 is 0. The summed E-state index contributed by atoms with van der Waals surface area (Å²) in [7, 11) is 0. The zero-order chi connectivity index (χ0) is 37.9. The number of nitrogens with zero attached hydrogens (tertiary/aromatic N) is 2. The van der Waals surface area contributed by atoms with E-state index in [1.807, 2.05) is 0 Å². The molecule has 0 spiro atoms. The topological polar surface area (TPSA) is 23.0 Å². The second kappa shape index (κ2) is 11.9. The molecule has 1 aliphatic rings. The third kappa shape index (κ3) is 4.44. The van der Waals surface area contributed by atoms with Gasteiger partial charge in [0.2, 0.25) is 0 Å². The molecule has 3 nitrogen and oxygen atoms in total. The molecule has 270 valence electrons. The molecule has 9 aromatic carbocycles. The highest BCUT2D eigenvalue weighted by Crippen LogP contribution is 2.45.